The molecule has 3 aromatic rings. The minimum atomic E-state index is -0.471. The molecule has 6 heteroatoms. The highest BCUT2D eigenvalue weighted by Crippen LogP contribution is 2.34. The van der Waals surface area contributed by atoms with E-state index in [9.17, 15) is 14.4 Å². The Kier molecular flexibility index (Phi) is 5.50. The molecular formula is C24H22N2O3S. The number of hydrogen-bond acceptors (Lipinski definition) is 4. The first-order valence-corrected chi connectivity index (χ1v) is 10.7. The van der Waals surface area contributed by atoms with Crippen LogP contribution in [0.5, 0.6) is 0 Å². The van der Waals surface area contributed by atoms with Crippen LogP contribution in [0.25, 0.3) is 10.4 Å². The second kappa shape index (κ2) is 8.24. The summed E-state index contributed by atoms with van der Waals surface area (Å²) in [5.41, 5.74) is 8.84. The quantitative estimate of drug-likeness (QED) is 0.526. The van der Waals surface area contributed by atoms with E-state index in [-0.39, 0.29) is 11.7 Å². The molecule has 3 N–H and O–H groups in total. The van der Waals surface area contributed by atoms with Gasteiger partial charge in [0.15, 0.2) is 5.78 Å². The number of anilines is 1. The molecule has 2 aromatic carbocycles. The zero-order valence-corrected chi connectivity index (χ0v) is 17.4. The number of carbonyl (C=O) groups excluding carboxylic acids is 3. The van der Waals surface area contributed by atoms with Crippen LogP contribution in [0.3, 0.4) is 0 Å². The van der Waals surface area contributed by atoms with E-state index in [1.54, 1.807) is 24.3 Å². The molecule has 0 aliphatic heterocycles. The second-order valence-corrected chi connectivity index (χ2v) is 8.74. The SMILES string of the molecule is Cc1ccc(C(=O)CC2CC2)cc1NC(=O)c1ccc(-c2ccc(C(N)=O)cc2)s1. The summed E-state index contributed by atoms with van der Waals surface area (Å²) < 4.78 is 0. The fourth-order valence-electron chi connectivity index (χ4n) is 3.23. The Morgan fingerprint density at radius 2 is 1.70 bits per heavy atom. The van der Waals surface area contributed by atoms with Crippen LogP contribution in [0.15, 0.2) is 54.6 Å². The molecule has 30 heavy (non-hydrogen) atoms. The topological polar surface area (TPSA) is 89.3 Å². The molecule has 1 saturated carbocycles. The Labute approximate surface area is 178 Å². The number of carbonyl (C=O) groups is 3. The zero-order valence-electron chi connectivity index (χ0n) is 16.6. The number of benzene rings is 2. The van der Waals surface area contributed by atoms with Gasteiger partial charge in [-0.05, 0) is 67.1 Å². The zero-order chi connectivity index (χ0) is 21.3. The number of thiophene rings is 1. The molecule has 0 radical (unpaired) electrons. The van der Waals surface area contributed by atoms with Gasteiger partial charge in [-0.3, -0.25) is 14.4 Å². The van der Waals surface area contributed by atoms with Gasteiger partial charge in [-0.15, -0.1) is 11.3 Å². The number of nitrogens with one attached hydrogen (secondary N) is 1. The van der Waals surface area contributed by atoms with Gasteiger partial charge in [-0.1, -0.05) is 24.3 Å². The number of aryl methyl sites for hydroxylation is 1. The van der Waals surface area contributed by atoms with E-state index >= 15 is 0 Å². The molecule has 1 heterocycles. The largest absolute Gasteiger partial charge is 0.366 e. The Bertz CT molecular complexity index is 1130. The molecule has 0 saturated heterocycles. The van der Waals surface area contributed by atoms with E-state index in [2.05, 4.69) is 5.32 Å². The molecule has 0 bridgehead atoms. The fourth-order valence-corrected chi connectivity index (χ4v) is 4.14. The summed E-state index contributed by atoms with van der Waals surface area (Å²) in [7, 11) is 0. The lowest BCUT2D eigenvalue weighted by Gasteiger charge is -2.10. The van der Waals surface area contributed by atoms with Crippen LogP contribution < -0.4 is 11.1 Å². The van der Waals surface area contributed by atoms with Crippen molar-refractivity contribution in [2.24, 2.45) is 11.7 Å². The van der Waals surface area contributed by atoms with Gasteiger partial charge in [0.05, 0.1) is 4.88 Å². The van der Waals surface area contributed by atoms with E-state index in [0.29, 0.717) is 34.0 Å². The average Bonchev–Trinajstić information content (AvgIpc) is 3.40. The highest BCUT2D eigenvalue weighted by Gasteiger charge is 2.25. The Morgan fingerprint density at radius 3 is 2.37 bits per heavy atom. The van der Waals surface area contributed by atoms with E-state index in [1.807, 2.05) is 37.3 Å². The van der Waals surface area contributed by atoms with Crippen molar-refractivity contribution in [2.75, 3.05) is 5.32 Å². The molecule has 1 aliphatic carbocycles. The third kappa shape index (κ3) is 4.49. The molecule has 2 amide bonds. The van der Waals surface area contributed by atoms with Gasteiger partial charge in [0.2, 0.25) is 5.91 Å². The molecule has 152 valence electrons. The molecule has 1 aromatic heterocycles. The number of Topliss-reactive ketones (excluding diaryl/α,β-unsaturated/α-hetero) is 1. The maximum atomic E-state index is 12.8. The summed E-state index contributed by atoms with van der Waals surface area (Å²) in [6.07, 6.45) is 2.85. The van der Waals surface area contributed by atoms with Crippen molar-refractivity contribution in [2.45, 2.75) is 26.2 Å². The monoisotopic (exact) mass is 418 g/mol. The summed E-state index contributed by atoms with van der Waals surface area (Å²) in [5, 5.41) is 2.94. The van der Waals surface area contributed by atoms with Crippen molar-refractivity contribution in [3.05, 3.63) is 76.2 Å². The summed E-state index contributed by atoms with van der Waals surface area (Å²) in [6.45, 7) is 1.91. The minimum absolute atomic E-state index is 0.130. The van der Waals surface area contributed by atoms with E-state index in [4.69, 9.17) is 5.73 Å². The van der Waals surface area contributed by atoms with Crippen molar-refractivity contribution < 1.29 is 14.4 Å². The van der Waals surface area contributed by atoms with Crippen molar-refractivity contribution >= 4 is 34.6 Å². The van der Waals surface area contributed by atoms with Crippen LogP contribution in [0, 0.1) is 12.8 Å². The van der Waals surface area contributed by atoms with Crippen LogP contribution in [0.1, 0.15) is 55.2 Å². The number of nitrogens with two attached hydrogens (primary N) is 1. The highest BCUT2D eigenvalue weighted by molar-refractivity contribution is 7.17. The third-order valence-electron chi connectivity index (χ3n) is 5.26. The number of ketones is 1. The van der Waals surface area contributed by atoms with Gasteiger partial charge in [-0.25, -0.2) is 0 Å². The van der Waals surface area contributed by atoms with E-state index in [1.165, 1.54) is 11.3 Å². The first-order chi connectivity index (χ1) is 14.4. The smallest absolute Gasteiger partial charge is 0.265 e. The first-order valence-electron chi connectivity index (χ1n) is 9.86. The van der Waals surface area contributed by atoms with Crippen LogP contribution in [0.2, 0.25) is 0 Å². The second-order valence-electron chi connectivity index (χ2n) is 7.66. The lowest BCUT2D eigenvalue weighted by atomic mass is 10.0. The average molecular weight is 419 g/mol. The Balaban J connectivity index is 1.49. The van der Waals surface area contributed by atoms with Gasteiger partial charge in [0, 0.05) is 28.1 Å². The number of hydrogen-bond donors (Lipinski definition) is 2. The molecular weight excluding hydrogens is 396 g/mol. The maximum absolute atomic E-state index is 12.8. The molecule has 5 nitrogen and oxygen atoms in total. The van der Waals surface area contributed by atoms with Crippen LogP contribution in [-0.2, 0) is 0 Å². The number of amides is 2. The van der Waals surface area contributed by atoms with Gasteiger partial charge in [0.25, 0.3) is 5.91 Å². The highest BCUT2D eigenvalue weighted by atomic mass is 32.1. The molecule has 0 unspecified atom stereocenters. The van der Waals surface area contributed by atoms with Crippen molar-refractivity contribution in [1.29, 1.82) is 0 Å². The summed E-state index contributed by atoms with van der Waals surface area (Å²) in [5.74, 6) is -0.0276. The van der Waals surface area contributed by atoms with E-state index in [0.717, 1.165) is 28.8 Å². The predicted octanol–water partition coefficient (Wildman–Crippen LogP) is 5.06. The van der Waals surface area contributed by atoms with Gasteiger partial charge in [-0.2, -0.15) is 0 Å². The predicted molar refractivity (Wildman–Crippen MR) is 119 cm³/mol. The standard InChI is InChI=1S/C24H22N2O3S/c1-14-2-5-18(20(27)12-15-3-4-15)13-19(14)26-24(29)22-11-10-21(30-22)16-6-8-17(9-7-16)23(25)28/h2,5-11,13,15H,3-4,12H2,1H3,(H2,25,28)(H,26,29). The van der Waals surface area contributed by atoms with Crippen molar-refractivity contribution in [3.63, 3.8) is 0 Å². The summed E-state index contributed by atoms with van der Waals surface area (Å²) >= 11 is 1.37. The van der Waals surface area contributed by atoms with E-state index < -0.39 is 5.91 Å². The van der Waals surface area contributed by atoms with Crippen LogP contribution >= 0.6 is 11.3 Å². The van der Waals surface area contributed by atoms with Crippen LogP contribution in [0.4, 0.5) is 5.69 Å². The molecule has 0 atom stereocenters. The third-order valence-corrected chi connectivity index (χ3v) is 6.40. The van der Waals surface area contributed by atoms with Gasteiger partial charge >= 0.3 is 0 Å². The maximum Gasteiger partial charge on any atom is 0.265 e. The Morgan fingerprint density at radius 1 is 1.00 bits per heavy atom. The normalized spacial score (nSPS) is 13.1. The summed E-state index contributed by atoms with van der Waals surface area (Å²) in [4.78, 5) is 37.9. The van der Waals surface area contributed by atoms with Gasteiger partial charge in [0.1, 0.15) is 0 Å². The number of rotatable bonds is 7. The lowest BCUT2D eigenvalue weighted by Crippen LogP contribution is -2.12. The lowest BCUT2D eigenvalue weighted by molar-refractivity contribution is 0.0972. The van der Waals surface area contributed by atoms with Crippen LogP contribution in [-0.4, -0.2) is 17.6 Å². The summed E-state index contributed by atoms with van der Waals surface area (Å²) in [6, 6.07) is 16.1. The van der Waals surface area contributed by atoms with Crippen molar-refractivity contribution in [3.8, 4) is 10.4 Å². The molecule has 4 rings (SSSR count). The molecule has 0 spiro atoms. The van der Waals surface area contributed by atoms with Gasteiger partial charge < -0.3 is 11.1 Å². The Hall–Kier alpha value is -3.25. The number of primary amides is 1. The van der Waals surface area contributed by atoms with Crippen molar-refractivity contribution in [1.82, 2.24) is 0 Å². The molecule has 1 aliphatic rings. The fraction of sp³-hybridized carbons (Fsp3) is 0.208. The molecule has 1 fully saturated rings. The first kappa shape index (κ1) is 20.0. The minimum Gasteiger partial charge on any atom is -0.366 e.